The number of hydrogen-bond donors (Lipinski definition) is 1. The summed E-state index contributed by atoms with van der Waals surface area (Å²) in [4.78, 5) is 12.5. The first-order valence-corrected chi connectivity index (χ1v) is 15.2. The number of unbranched alkanes of at least 4 members (excludes halogenated alkanes) is 2. The highest BCUT2D eigenvalue weighted by Crippen LogP contribution is 2.51. The molecule has 7 nitrogen and oxygen atoms in total. The maximum absolute atomic E-state index is 12.5. The zero-order valence-electron chi connectivity index (χ0n) is 23.7. The first-order valence-electron chi connectivity index (χ1n) is 15.2. The van der Waals surface area contributed by atoms with E-state index in [4.69, 9.17) is 23.7 Å². The van der Waals surface area contributed by atoms with Gasteiger partial charge in [0.05, 0.1) is 25.4 Å². The number of carbonyl (C=O) groups excluding carboxylic acids is 1. The van der Waals surface area contributed by atoms with Crippen LogP contribution in [-0.4, -0.2) is 62.3 Å². The molecule has 9 atom stereocenters. The number of rotatable bonds is 13. The molecule has 0 bridgehead atoms. The van der Waals surface area contributed by atoms with Gasteiger partial charge in [-0.15, -0.1) is 0 Å². The summed E-state index contributed by atoms with van der Waals surface area (Å²) in [5, 5.41) is 10.4. The molecule has 38 heavy (non-hydrogen) atoms. The fraction of sp³-hybridized carbons (Fsp3) is 0.839. The zero-order valence-corrected chi connectivity index (χ0v) is 23.7. The summed E-state index contributed by atoms with van der Waals surface area (Å²) < 4.78 is 29.9. The number of aliphatic hydroxyl groups is 1. The molecule has 4 aliphatic rings. The normalized spacial score (nSPS) is 34.1. The van der Waals surface area contributed by atoms with E-state index in [2.05, 4.69) is 25.2 Å². The van der Waals surface area contributed by atoms with E-state index in [1.165, 1.54) is 20.0 Å². The van der Waals surface area contributed by atoms with Gasteiger partial charge in [-0.05, 0) is 76.5 Å². The SMILES string of the molecule is CCCCCC(C=CC1C(OC2CCCCO2)CC2C=C(C(C(=O)OC)C(C)O)CC21)OC1CCCCO1. The molecule has 7 heteroatoms. The topological polar surface area (TPSA) is 83.5 Å². The molecular formula is C31H50O7. The van der Waals surface area contributed by atoms with Crippen LogP contribution in [0, 0.1) is 23.7 Å². The molecule has 9 unspecified atom stereocenters. The largest absolute Gasteiger partial charge is 0.468 e. The van der Waals surface area contributed by atoms with Gasteiger partial charge in [0.15, 0.2) is 12.6 Å². The van der Waals surface area contributed by atoms with Gasteiger partial charge in [-0.3, -0.25) is 4.79 Å². The van der Waals surface area contributed by atoms with Gasteiger partial charge in [-0.2, -0.15) is 0 Å². The van der Waals surface area contributed by atoms with Gasteiger partial charge in [-0.25, -0.2) is 0 Å². The molecule has 216 valence electrons. The molecular weight excluding hydrogens is 484 g/mol. The van der Waals surface area contributed by atoms with Crippen molar-refractivity contribution in [3.05, 3.63) is 23.8 Å². The van der Waals surface area contributed by atoms with Crippen LogP contribution < -0.4 is 0 Å². The van der Waals surface area contributed by atoms with Crippen LogP contribution in [0.1, 0.15) is 90.9 Å². The Morgan fingerprint density at radius 2 is 1.87 bits per heavy atom. The first kappa shape index (κ1) is 29.7. The highest BCUT2D eigenvalue weighted by Gasteiger charge is 2.48. The Balaban J connectivity index is 1.50. The Kier molecular flexibility index (Phi) is 11.7. The number of allylic oxidation sites excluding steroid dienone is 1. The van der Waals surface area contributed by atoms with Crippen LogP contribution in [0.3, 0.4) is 0 Å². The fourth-order valence-electron chi connectivity index (χ4n) is 6.77. The summed E-state index contributed by atoms with van der Waals surface area (Å²) >= 11 is 0. The van der Waals surface area contributed by atoms with Crippen LogP contribution in [0.5, 0.6) is 0 Å². The standard InChI is InChI=1S/C31H50O7/c1-4-5-6-11-24(37-28-12-7-9-16-35-28)14-15-25-26-19-23(30(21(2)32)31(33)34-3)18-22(26)20-27(25)38-29-13-8-10-17-36-29/h14-15,18,21-22,24-30,32H,4-13,16-17,19-20H2,1-3H3. The molecule has 0 spiro atoms. The summed E-state index contributed by atoms with van der Waals surface area (Å²) in [5.41, 5.74) is 0.999. The molecule has 0 radical (unpaired) electrons. The van der Waals surface area contributed by atoms with Crippen LogP contribution in [0.15, 0.2) is 23.8 Å². The lowest BCUT2D eigenvalue weighted by Gasteiger charge is -2.30. The fourth-order valence-corrected chi connectivity index (χ4v) is 6.77. The van der Waals surface area contributed by atoms with E-state index in [1.807, 2.05) is 0 Å². The van der Waals surface area contributed by atoms with E-state index in [9.17, 15) is 9.90 Å². The molecule has 2 aliphatic carbocycles. The summed E-state index contributed by atoms with van der Waals surface area (Å²) in [6.45, 7) is 5.44. The van der Waals surface area contributed by atoms with Crippen molar-refractivity contribution in [3.63, 3.8) is 0 Å². The highest BCUT2D eigenvalue weighted by atomic mass is 16.7. The predicted octanol–water partition coefficient (Wildman–Crippen LogP) is 5.70. The molecule has 2 aliphatic heterocycles. The molecule has 2 heterocycles. The minimum absolute atomic E-state index is 0.0180. The predicted molar refractivity (Wildman–Crippen MR) is 145 cm³/mol. The minimum atomic E-state index is -0.781. The van der Waals surface area contributed by atoms with Crippen molar-refractivity contribution in [3.8, 4) is 0 Å². The van der Waals surface area contributed by atoms with Gasteiger partial charge in [0.1, 0.15) is 5.92 Å². The number of ether oxygens (including phenoxy) is 5. The Hall–Kier alpha value is -1.25. The van der Waals surface area contributed by atoms with E-state index in [0.717, 1.165) is 83.0 Å². The smallest absolute Gasteiger partial charge is 0.315 e. The third-order valence-corrected chi connectivity index (χ3v) is 8.78. The maximum Gasteiger partial charge on any atom is 0.315 e. The van der Waals surface area contributed by atoms with Crippen LogP contribution in [0.4, 0.5) is 0 Å². The summed E-state index contributed by atoms with van der Waals surface area (Å²) in [6, 6.07) is 0. The Labute approximate surface area is 229 Å². The number of carbonyl (C=O) groups is 1. The van der Waals surface area contributed by atoms with Gasteiger partial charge < -0.3 is 28.8 Å². The van der Waals surface area contributed by atoms with Crippen LogP contribution in [0.2, 0.25) is 0 Å². The van der Waals surface area contributed by atoms with E-state index in [1.54, 1.807) is 6.92 Å². The molecule has 3 fully saturated rings. The lowest BCUT2D eigenvalue weighted by Crippen LogP contribution is -2.32. The van der Waals surface area contributed by atoms with Gasteiger partial charge in [0.25, 0.3) is 0 Å². The van der Waals surface area contributed by atoms with Gasteiger partial charge in [0, 0.05) is 19.1 Å². The Bertz CT molecular complexity index is 781. The zero-order chi connectivity index (χ0) is 26.9. The Morgan fingerprint density at radius 1 is 1.13 bits per heavy atom. The third kappa shape index (κ3) is 7.91. The number of esters is 1. The number of fused-ring (bicyclic) bond motifs is 1. The highest BCUT2D eigenvalue weighted by molar-refractivity contribution is 5.76. The van der Waals surface area contributed by atoms with Crippen LogP contribution >= 0.6 is 0 Å². The third-order valence-electron chi connectivity index (χ3n) is 8.78. The van der Waals surface area contributed by atoms with Crippen molar-refractivity contribution in [2.24, 2.45) is 23.7 Å². The second kappa shape index (κ2) is 14.9. The molecule has 0 aromatic carbocycles. The van der Waals surface area contributed by atoms with Gasteiger partial charge >= 0.3 is 5.97 Å². The molecule has 0 aromatic heterocycles. The van der Waals surface area contributed by atoms with Gasteiger partial charge in [0.2, 0.25) is 0 Å². The molecule has 1 N–H and O–H groups in total. The first-order chi connectivity index (χ1) is 18.5. The number of aliphatic hydroxyl groups excluding tert-OH is 1. The van der Waals surface area contributed by atoms with Crippen molar-refractivity contribution in [1.29, 1.82) is 0 Å². The van der Waals surface area contributed by atoms with E-state index in [-0.39, 0.29) is 36.7 Å². The van der Waals surface area contributed by atoms with Crippen molar-refractivity contribution < 1.29 is 33.6 Å². The average molecular weight is 535 g/mol. The Morgan fingerprint density at radius 3 is 2.50 bits per heavy atom. The van der Waals surface area contributed by atoms with E-state index < -0.39 is 12.0 Å². The van der Waals surface area contributed by atoms with Crippen molar-refractivity contribution in [1.82, 2.24) is 0 Å². The van der Waals surface area contributed by atoms with E-state index in [0.29, 0.717) is 11.8 Å². The lowest BCUT2D eigenvalue weighted by molar-refractivity contribution is -0.193. The molecule has 4 rings (SSSR count). The molecule has 2 saturated heterocycles. The number of methoxy groups -OCH3 is 1. The second-order valence-corrected chi connectivity index (χ2v) is 11.6. The maximum atomic E-state index is 12.5. The van der Waals surface area contributed by atoms with Gasteiger partial charge in [-0.1, -0.05) is 50.0 Å². The van der Waals surface area contributed by atoms with Crippen LogP contribution in [-0.2, 0) is 28.5 Å². The molecule has 0 aromatic rings. The summed E-state index contributed by atoms with van der Waals surface area (Å²) in [5.74, 6) is -0.150. The summed E-state index contributed by atoms with van der Waals surface area (Å²) in [7, 11) is 1.39. The quantitative estimate of drug-likeness (QED) is 0.184. The summed E-state index contributed by atoms with van der Waals surface area (Å²) in [6.07, 6.45) is 18.4. The minimum Gasteiger partial charge on any atom is -0.468 e. The van der Waals surface area contributed by atoms with Crippen molar-refractivity contribution >= 4 is 5.97 Å². The second-order valence-electron chi connectivity index (χ2n) is 11.6. The van der Waals surface area contributed by atoms with Crippen molar-refractivity contribution in [2.75, 3.05) is 20.3 Å². The number of hydrogen-bond acceptors (Lipinski definition) is 7. The average Bonchev–Trinajstić information content (AvgIpc) is 3.45. The van der Waals surface area contributed by atoms with Crippen molar-refractivity contribution in [2.45, 2.75) is 122 Å². The monoisotopic (exact) mass is 534 g/mol. The molecule has 0 amide bonds. The lowest BCUT2D eigenvalue weighted by atomic mass is 9.85. The van der Waals surface area contributed by atoms with E-state index >= 15 is 0 Å². The molecule has 1 saturated carbocycles. The van der Waals surface area contributed by atoms with Crippen LogP contribution in [0.25, 0.3) is 0 Å².